The first kappa shape index (κ1) is 24.3. The van der Waals surface area contributed by atoms with E-state index in [2.05, 4.69) is 6.92 Å². The topological polar surface area (TPSA) is 61.8 Å². The van der Waals surface area contributed by atoms with Crippen LogP contribution in [0.5, 0.6) is 0 Å². The summed E-state index contributed by atoms with van der Waals surface area (Å²) in [4.78, 5) is 0. The first-order valence-electron chi connectivity index (χ1n) is 11.3. The zero-order valence-electron chi connectivity index (χ0n) is 17.9. The highest BCUT2D eigenvalue weighted by molar-refractivity contribution is 7.86. The Labute approximate surface area is 177 Å². The quantitative estimate of drug-likeness (QED) is 0.256. The van der Waals surface area contributed by atoms with Crippen molar-refractivity contribution in [3.05, 3.63) is 35.9 Å². The molecule has 0 unspecified atom stereocenters. The van der Waals surface area contributed by atoms with Gasteiger partial charge in [-0.25, -0.2) is 0 Å². The molecule has 0 aliphatic carbocycles. The summed E-state index contributed by atoms with van der Waals surface area (Å²) in [7, 11) is -3.50. The first-order chi connectivity index (χ1) is 14.1. The van der Waals surface area contributed by atoms with Crippen LogP contribution >= 0.6 is 0 Å². The summed E-state index contributed by atoms with van der Waals surface area (Å²) in [5.41, 5.74) is 0.896. The van der Waals surface area contributed by atoms with Crippen molar-refractivity contribution in [3.63, 3.8) is 0 Å². The largest absolute Gasteiger partial charge is 0.343 e. The van der Waals surface area contributed by atoms with Crippen LogP contribution < -0.4 is 0 Å². The lowest BCUT2D eigenvalue weighted by Crippen LogP contribution is -2.29. The third kappa shape index (κ3) is 9.16. The molecule has 1 saturated heterocycles. The minimum absolute atomic E-state index is 0.0645. The molecule has 166 valence electrons. The number of rotatable bonds is 16. The molecule has 0 radical (unpaired) electrons. The fourth-order valence-electron chi connectivity index (χ4n) is 3.73. The van der Waals surface area contributed by atoms with E-state index in [1.165, 1.54) is 44.9 Å². The summed E-state index contributed by atoms with van der Waals surface area (Å²) in [6.45, 7) is 3.30. The number of ether oxygens (including phenoxy) is 2. The van der Waals surface area contributed by atoms with Gasteiger partial charge in [-0.1, -0.05) is 95.0 Å². The van der Waals surface area contributed by atoms with Crippen LogP contribution in [-0.4, -0.2) is 34.0 Å². The Balaban J connectivity index is 1.59. The Morgan fingerprint density at radius 3 is 2.00 bits per heavy atom. The van der Waals surface area contributed by atoms with Gasteiger partial charge in [0.25, 0.3) is 10.1 Å². The van der Waals surface area contributed by atoms with Crippen LogP contribution in [0.4, 0.5) is 0 Å². The van der Waals surface area contributed by atoms with Crippen molar-refractivity contribution in [1.82, 2.24) is 0 Å². The molecule has 1 aliphatic rings. The van der Waals surface area contributed by atoms with E-state index >= 15 is 0 Å². The van der Waals surface area contributed by atoms with E-state index in [0.717, 1.165) is 18.4 Å². The number of benzene rings is 1. The molecule has 1 aliphatic heterocycles. The second-order valence-corrected chi connectivity index (χ2v) is 9.59. The van der Waals surface area contributed by atoms with Crippen LogP contribution in [0.25, 0.3) is 0 Å². The highest BCUT2D eigenvalue weighted by Gasteiger charge is 2.38. The third-order valence-corrected chi connectivity index (χ3v) is 6.72. The summed E-state index contributed by atoms with van der Waals surface area (Å²) in [6, 6.07) is 9.64. The van der Waals surface area contributed by atoms with E-state index in [4.69, 9.17) is 13.7 Å². The van der Waals surface area contributed by atoms with Crippen molar-refractivity contribution in [2.45, 2.75) is 83.3 Å². The van der Waals surface area contributed by atoms with Gasteiger partial charge in [-0.15, -0.1) is 0 Å². The van der Waals surface area contributed by atoms with Crippen LogP contribution in [0.3, 0.4) is 0 Å². The number of hydrogen-bond donors (Lipinski definition) is 0. The molecule has 0 atom stereocenters. The van der Waals surface area contributed by atoms with Gasteiger partial charge in [0.1, 0.15) is 0 Å². The number of hydrogen-bond acceptors (Lipinski definition) is 5. The average Bonchev–Trinajstić information content (AvgIpc) is 3.20. The van der Waals surface area contributed by atoms with Gasteiger partial charge >= 0.3 is 0 Å². The fourth-order valence-corrected chi connectivity index (χ4v) is 4.74. The SMILES string of the molecule is CCCCCCCCCCCCS(=O)(=O)OCCC1(c2ccccc2)OCCO1. The van der Waals surface area contributed by atoms with Crippen molar-refractivity contribution in [2.24, 2.45) is 0 Å². The van der Waals surface area contributed by atoms with Crippen molar-refractivity contribution < 1.29 is 22.1 Å². The Bertz CT molecular complexity index is 638. The minimum Gasteiger partial charge on any atom is -0.343 e. The van der Waals surface area contributed by atoms with E-state index in [1.54, 1.807) is 0 Å². The maximum Gasteiger partial charge on any atom is 0.267 e. The monoisotopic (exact) mass is 426 g/mol. The zero-order chi connectivity index (χ0) is 20.8. The van der Waals surface area contributed by atoms with Crippen molar-refractivity contribution >= 4 is 10.1 Å². The summed E-state index contributed by atoms with van der Waals surface area (Å²) in [5.74, 6) is -0.808. The predicted molar refractivity (Wildman–Crippen MR) is 116 cm³/mol. The van der Waals surface area contributed by atoms with E-state index in [0.29, 0.717) is 26.1 Å². The normalized spacial score (nSPS) is 16.3. The fraction of sp³-hybridized carbons (Fsp3) is 0.739. The lowest BCUT2D eigenvalue weighted by Gasteiger charge is -2.27. The lowest BCUT2D eigenvalue weighted by atomic mass is 10.0. The van der Waals surface area contributed by atoms with Crippen LogP contribution in [0.2, 0.25) is 0 Å². The Hall–Kier alpha value is -0.950. The molecule has 0 bridgehead atoms. The maximum atomic E-state index is 12.2. The van der Waals surface area contributed by atoms with Gasteiger partial charge in [0, 0.05) is 12.0 Å². The summed E-state index contributed by atoms with van der Waals surface area (Å²) in [6.07, 6.45) is 12.1. The molecule has 5 nitrogen and oxygen atoms in total. The highest BCUT2D eigenvalue weighted by atomic mass is 32.2. The molecular weight excluding hydrogens is 388 g/mol. The maximum absolute atomic E-state index is 12.2. The molecule has 0 N–H and O–H groups in total. The number of unbranched alkanes of at least 4 members (excludes halogenated alkanes) is 9. The summed E-state index contributed by atoms with van der Waals surface area (Å²) in [5, 5.41) is 0. The molecule has 0 aromatic heterocycles. The second kappa shape index (κ2) is 13.4. The standard InChI is InChI=1S/C23H38O5S/c1-2-3-4-5-6-7-8-9-10-14-21-29(24,25)28-18-17-23(26-19-20-27-23)22-15-12-11-13-16-22/h11-13,15-16H,2-10,14,17-21H2,1H3. The van der Waals surface area contributed by atoms with Gasteiger partial charge in [0.15, 0.2) is 5.79 Å². The first-order valence-corrected chi connectivity index (χ1v) is 12.9. The molecule has 0 spiro atoms. The van der Waals surface area contributed by atoms with Crippen LogP contribution in [0, 0.1) is 0 Å². The van der Waals surface area contributed by atoms with Gasteiger partial charge in [0.05, 0.1) is 25.6 Å². The Morgan fingerprint density at radius 2 is 1.41 bits per heavy atom. The Morgan fingerprint density at radius 1 is 0.862 bits per heavy atom. The molecule has 6 heteroatoms. The summed E-state index contributed by atoms with van der Waals surface area (Å²) < 4.78 is 41.2. The molecule has 29 heavy (non-hydrogen) atoms. The molecule has 1 fully saturated rings. The summed E-state index contributed by atoms with van der Waals surface area (Å²) >= 11 is 0. The van der Waals surface area contributed by atoms with E-state index in [9.17, 15) is 8.42 Å². The average molecular weight is 427 g/mol. The molecule has 0 saturated carbocycles. The lowest BCUT2D eigenvalue weighted by molar-refractivity contribution is -0.174. The molecular formula is C23H38O5S. The van der Waals surface area contributed by atoms with Crippen LogP contribution in [0.15, 0.2) is 30.3 Å². The molecule has 1 heterocycles. The van der Waals surface area contributed by atoms with Crippen molar-refractivity contribution in [3.8, 4) is 0 Å². The molecule has 2 rings (SSSR count). The van der Waals surface area contributed by atoms with Gasteiger partial charge in [-0.2, -0.15) is 8.42 Å². The minimum atomic E-state index is -3.50. The van der Waals surface area contributed by atoms with E-state index in [-0.39, 0.29) is 12.4 Å². The smallest absolute Gasteiger partial charge is 0.267 e. The van der Waals surface area contributed by atoms with Gasteiger partial charge < -0.3 is 9.47 Å². The van der Waals surface area contributed by atoms with E-state index in [1.807, 2.05) is 30.3 Å². The highest BCUT2D eigenvalue weighted by Crippen LogP contribution is 2.34. The van der Waals surface area contributed by atoms with Gasteiger partial charge in [0.2, 0.25) is 0 Å². The van der Waals surface area contributed by atoms with Crippen LogP contribution in [0.1, 0.15) is 83.1 Å². The molecule has 0 amide bonds. The van der Waals surface area contributed by atoms with Gasteiger partial charge in [-0.3, -0.25) is 4.18 Å². The molecule has 1 aromatic rings. The van der Waals surface area contributed by atoms with E-state index < -0.39 is 15.9 Å². The van der Waals surface area contributed by atoms with Crippen LogP contribution in [-0.2, 0) is 29.6 Å². The van der Waals surface area contributed by atoms with Crippen molar-refractivity contribution in [2.75, 3.05) is 25.6 Å². The van der Waals surface area contributed by atoms with Gasteiger partial charge in [-0.05, 0) is 6.42 Å². The Kier molecular flexibility index (Phi) is 11.2. The third-order valence-electron chi connectivity index (χ3n) is 5.41. The zero-order valence-corrected chi connectivity index (χ0v) is 18.8. The second-order valence-electron chi connectivity index (χ2n) is 7.83. The predicted octanol–water partition coefficient (Wildman–Crippen LogP) is 5.54. The molecule has 1 aromatic carbocycles. The van der Waals surface area contributed by atoms with Crippen molar-refractivity contribution in [1.29, 1.82) is 0 Å².